The fourth-order valence-electron chi connectivity index (χ4n) is 2.79. The number of carbonyl (C=O) groups excluding carboxylic acids is 2. The van der Waals surface area contributed by atoms with E-state index < -0.39 is 0 Å². The highest BCUT2D eigenvalue weighted by Crippen LogP contribution is 2.21. The van der Waals surface area contributed by atoms with E-state index >= 15 is 0 Å². The molecule has 0 spiro atoms. The SMILES string of the molecule is Cc1nc(C)c(C(=O)N2CCN(C(=O)c3ccccc3Cl)CC2)s1. The summed E-state index contributed by atoms with van der Waals surface area (Å²) in [5, 5.41) is 1.35. The lowest BCUT2D eigenvalue weighted by Gasteiger charge is -2.34. The highest BCUT2D eigenvalue weighted by Gasteiger charge is 2.28. The quantitative estimate of drug-likeness (QED) is 0.824. The van der Waals surface area contributed by atoms with Gasteiger partial charge in [-0.2, -0.15) is 0 Å². The molecule has 1 aliphatic heterocycles. The van der Waals surface area contributed by atoms with E-state index in [1.54, 1.807) is 34.1 Å². The number of rotatable bonds is 2. The van der Waals surface area contributed by atoms with Gasteiger partial charge in [0.15, 0.2) is 0 Å². The van der Waals surface area contributed by atoms with Crippen LogP contribution in [0.25, 0.3) is 0 Å². The highest BCUT2D eigenvalue weighted by molar-refractivity contribution is 7.13. The van der Waals surface area contributed by atoms with Crippen molar-refractivity contribution in [3.8, 4) is 0 Å². The summed E-state index contributed by atoms with van der Waals surface area (Å²) in [7, 11) is 0. The van der Waals surface area contributed by atoms with Crippen LogP contribution < -0.4 is 0 Å². The Labute approximate surface area is 149 Å². The van der Waals surface area contributed by atoms with Gasteiger partial charge in [0.2, 0.25) is 0 Å². The lowest BCUT2D eigenvalue weighted by Crippen LogP contribution is -2.50. The summed E-state index contributed by atoms with van der Waals surface area (Å²) in [5.74, 6) is -0.0829. The minimum absolute atomic E-state index is 0.00272. The molecule has 0 unspecified atom stereocenters. The molecule has 24 heavy (non-hydrogen) atoms. The van der Waals surface area contributed by atoms with Crippen molar-refractivity contribution in [2.45, 2.75) is 13.8 Å². The molecule has 0 saturated carbocycles. The zero-order valence-electron chi connectivity index (χ0n) is 13.6. The molecule has 2 amide bonds. The van der Waals surface area contributed by atoms with Gasteiger partial charge in [0, 0.05) is 26.2 Å². The summed E-state index contributed by atoms with van der Waals surface area (Å²) in [6, 6.07) is 7.04. The van der Waals surface area contributed by atoms with E-state index in [1.165, 1.54) is 11.3 Å². The monoisotopic (exact) mass is 363 g/mol. The predicted octanol–water partition coefficient (Wildman–Crippen LogP) is 3.01. The molecule has 1 aromatic carbocycles. The van der Waals surface area contributed by atoms with Crippen LogP contribution in [-0.4, -0.2) is 52.8 Å². The molecular weight excluding hydrogens is 346 g/mol. The Hall–Kier alpha value is -1.92. The van der Waals surface area contributed by atoms with Crippen molar-refractivity contribution in [2.75, 3.05) is 26.2 Å². The van der Waals surface area contributed by atoms with Gasteiger partial charge in [0.25, 0.3) is 11.8 Å². The Morgan fingerprint density at radius 3 is 2.17 bits per heavy atom. The molecule has 126 valence electrons. The molecule has 5 nitrogen and oxygen atoms in total. The summed E-state index contributed by atoms with van der Waals surface area (Å²) < 4.78 is 0. The largest absolute Gasteiger partial charge is 0.335 e. The van der Waals surface area contributed by atoms with Gasteiger partial charge in [-0.15, -0.1) is 11.3 Å². The van der Waals surface area contributed by atoms with E-state index in [9.17, 15) is 9.59 Å². The first kappa shape index (κ1) is 16.9. The van der Waals surface area contributed by atoms with Gasteiger partial charge in [0.05, 0.1) is 21.3 Å². The molecule has 1 fully saturated rings. The van der Waals surface area contributed by atoms with Gasteiger partial charge in [0.1, 0.15) is 4.88 Å². The molecule has 0 radical (unpaired) electrons. The molecule has 0 atom stereocenters. The highest BCUT2D eigenvalue weighted by atomic mass is 35.5. The molecule has 2 heterocycles. The first-order valence-corrected chi connectivity index (χ1v) is 8.94. The Kier molecular flexibility index (Phi) is 4.87. The molecule has 0 aliphatic carbocycles. The standard InChI is InChI=1S/C17H18ClN3O2S/c1-11-15(24-12(2)19-11)17(23)21-9-7-20(8-10-21)16(22)13-5-3-4-6-14(13)18/h3-6H,7-10H2,1-2H3. The molecule has 1 aliphatic rings. The van der Waals surface area contributed by atoms with Crippen LogP contribution in [-0.2, 0) is 0 Å². The zero-order chi connectivity index (χ0) is 17.3. The van der Waals surface area contributed by atoms with Crippen molar-refractivity contribution in [1.82, 2.24) is 14.8 Å². The average molecular weight is 364 g/mol. The number of hydrogen-bond donors (Lipinski definition) is 0. The number of amides is 2. The molecule has 3 rings (SSSR count). The topological polar surface area (TPSA) is 53.5 Å². The van der Waals surface area contributed by atoms with Crippen LogP contribution in [0.2, 0.25) is 5.02 Å². The number of aryl methyl sites for hydroxylation is 2. The maximum Gasteiger partial charge on any atom is 0.265 e. The molecule has 7 heteroatoms. The van der Waals surface area contributed by atoms with Crippen molar-refractivity contribution >= 4 is 34.8 Å². The van der Waals surface area contributed by atoms with Crippen molar-refractivity contribution in [3.05, 3.63) is 50.4 Å². The number of hydrogen-bond acceptors (Lipinski definition) is 4. The van der Waals surface area contributed by atoms with Gasteiger partial charge >= 0.3 is 0 Å². The maximum absolute atomic E-state index is 12.6. The number of benzene rings is 1. The minimum Gasteiger partial charge on any atom is -0.335 e. The number of piperazine rings is 1. The van der Waals surface area contributed by atoms with E-state index in [4.69, 9.17) is 11.6 Å². The van der Waals surface area contributed by atoms with Gasteiger partial charge in [-0.05, 0) is 26.0 Å². The minimum atomic E-state index is -0.0856. The number of halogens is 1. The molecular formula is C17H18ClN3O2S. The third-order valence-corrected chi connectivity index (χ3v) is 5.45. The third-order valence-electron chi connectivity index (χ3n) is 4.06. The van der Waals surface area contributed by atoms with E-state index in [1.807, 2.05) is 13.8 Å². The lowest BCUT2D eigenvalue weighted by atomic mass is 10.1. The fraction of sp³-hybridized carbons (Fsp3) is 0.353. The summed E-state index contributed by atoms with van der Waals surface area (Å²) in [5.41, 5.74) is 1.28. The zero-order valence-corrected chi connectivity index (χ0v) is 15.2. The number of thiazole rings is 1. The average Bonchev–Trinajstić information content (AvgIpc) is 2.92. The van der Waals surface area contributed by atoms with E-state index in [2.05, 4.69) is 4.98 Å². The maximum atomic E-state index is 12.6. The van der Waals surface area contributed by atoms with Crippen molar-refractivity contribution < 1.29 is 9.59 Å². The van der Waals surface area contributed by atoms with Crippen LogP contribution in [0.4, 0.5) is 0 Å². The van der Waals surface area contributed by atoms with Gasteiger partial charge < -0.3 is 9.80 Å². The fourth-order valence-corrected chi connectivity index (χ4v) is 3.90. The molecule has 2 aromatic rings. The second-order valence-electron chi connectivity index (χ2n) is 5.71. The molecule has 1 aromatic heterocycles. The van der Waals surface area contributed by atoms with E-state index in [-0.39, 0.29) is 11.8 Å². The van der Waals surface area contributed by atoms with Crippen LogP contribution in [0.1, 0.15) is 30.7 Å². The van der Waals surface area contributed by atoms with Gasteiger partial charge in [-0.3, -0.25) is 9.59 Å². The van der Waals surface area contributed by atoms with Crippen LogP contribution in [0, 0.1) is 13.8 Å². The number of carbonyl (C=O) groups is 2. The van der Waals surface area contributed by atoms with Crippen LogP contribution in [0.3, 0.4) is 0 Å². The number of aromatic nitrogens is 1. The first-order valence-electron chi connectivity index (χ1n) is 7.74. The van der Waals surface area contributed by atoms with Gasteiger partial charge in [-0.25, -0.2) is 4.98 Å². The van der Waals surface area contributed by atoms with Crippen molar-refractivity contribution in [3.63, 3.8) is 0 Å². The summed E-state index contributed by atoms with van der Waals surface area (Å²) in [6.07, 6.45) is 0. The Bertz CT molecular complexity index is 782. The lowest BCUT2D eigenvalue weighted by molar-refractivity contribution is 0.0537. The van der Waals surface area contributed by atoms with Crippen molar-refractivity contribution in [2.24, 2.45) is 0 Å². The Morgan fingerprint density at radius 1 is 1.04 bits per heavy atom. The second kappa shape index (κ2) is 6.91. The molecule has 0 bridgehead atoms. The van der Waals surface area contributed by atoms with E-state index in [0.717, 1.165) is 10.7 Å². The smallest absolute Gasteiger partial charge is 0.265 e. The second-order valence-corrected chi connectivity index (χ2v) is 7.32. The summed E-state index contributed by atoms with van der Waals surface area (Å²) in [6.45, 7) is 5.80. The van der Waals surface area contributed by atoms with Crippen LogP contribution >= 0.6 is 22.9 Å². The summed E-state index contributed by atoms with van der Waals surface area (Å²) in [4.78, 5) is 33.7. The van der Waals surface area contributed by atoms with Crippen molar-refractivity contribution in [1.29, 1.82) is 0 Å². The van der Waals surface area contributed by atoms with Crippen LogP contribution in [0.5, 0.6) is 0 Å². The van der Waals surface area contributed by atoms with Gasteiger partial charge in [-0.1, -0.05) is 23.7 Å². The Morgan fingerprint density at radius 2 is 1.62 bits per heavy atom. The molecule has 1 saturated heterocycles. The molecule has 0 N–H and O–H groups in total. The third kappa shape index (κ3) is 3.30. The number of nitrogens with zero attached hydrogens (tertiary/aromatic N) is 3. The summed E-state index contributed by atoms with van der Waals surface area (Å²) >= 11 is 7.52. The van der Waals surface area contributed by atoms with E-state index in [0.29, 0.717) is 41.6 Å². The van der Waals surface area contributed by atoms with Crippen LogP contribution in [0.15, 0.2) is 24.3 Å². The first-order chi connectivity index (χ1) is 11.5. The Balaban J connectivity index is 1.66. The predicted molar refractivity (Wildman–Crippen MR) is 94.8 cm³/mol. The normalized spacial score (nSPS) is 14.8.